The van der Waals surface area contributed by atoms with E-state index in [-0.39, 0.29) is 17.8 Å². The fourth-order valence-electron chi connectivity index (χ4n) is 2.57. The summed E-state index contributed by atoms with van der Waals surface area (Å²) < 4.78 is 10.6. The Morgan fingerprint density at radius 1 is 1.42 bits per heavy atom. The molecule has 1 aliphatic rings. The van der Waals surface area contributed by atoms with Gasteiger partial charge in [-0.1, -0.05) is 0 Å². The molecule has 104 valence electrons. The summed E-state index contributed by atoms with van der Waals surface area (Å²) in [5.74, 6) is 1.53. The van der Waals surface area contributed by atoms with Gasteiger partial charge in [0.2, 0.25) is 5.91 Å². The van der Waals surface area contributed by atoms with Crippen molar-refractivity contribution in [3.63, 3.8) is 0 Å². The van der Waals surface area contributed by atoms with Gasteiger partial charge in [0.15, 0.2) is 0 Å². The highest BCUT2D eigenvalue weighted by atomic mass is 35.5. The van der Waals surface area contributed by atoms with Crippen molar-refractivity contribution < 1.29 is 14.3 Å². The van der Waals surface area contributed by atoms with E-state index in [2.05, 4.69) is 0 Å². The number of halogens is 1. The van der Waals surface area contributed by atoms with Crippen LogP contribution in [0.3, 0.4) is 0 Å². The predicted molar refractivity (Wildman–Crippen MR) is 74.0 cm³/mol. The number of carbonyl (C=O) groups excluding carboxylic acids is 1. The molecule has 4 nitrogen and oxygen atoms in total. The van der Waals surface area contributed by atoms with Gasteiger partial charge in [0.25, 0.3) is 0 Å². The maximum atomic E-state index is 11.9. The number of benzene rings is 1. The first-order valence-electron chi connectivity index (χ1n) is 6.28. The van der Waals surface area contributed by atoms with Crippen LogP contribution in [0.4, 0.5) is 0 Å². The van der Waals surface area contributed by atoms with E-state index >= 15 is 0 Å². The summed E-state index contributed by atoms with van der Waals surface area (Å²) in [6.45, 7) is 0.747. The molecule has 0 aromatic heterocycles. The molecule has 1 aromatic rings. The maximum absolute atomic E-state index is 11.9. The van der Waals surface area contributed by atoms with E-state index in [9.17, 15) is 4.79 Å². The average Bonchev–Trinajstić information content (AvgIpc) is 2.94. The largest absolute Gasteiger partial charge is 0.497 e. The number of rotatable bonds is 4. The van der Waals surface area contributed by atoms with Crippen molar-refractivity contribution in [3.8, 4) is 11.5 Å². The number of amides is 1. The molecule has 19 heavy (non-hydrogen) atoms. The molecule has 1 fully saturated rings. The molecule has 0 spiro atoms. The van der Waals surface area contributed by atoms with E-state index in [0.29, 0.717) is 0 Å². The number of hydrogen-bond acceptors (Lipinski definition) is 3. The van der Waals surface area contributed by atoms with Crippen molar-refractivity contribution in [1.29, 1.82) is 0 Å². The molecule has 0 bridgehead atoms. The number of alkyl halides is 1. The zero-order valence-corrected chi connectivity index (χ0v) is 11.9. The lowest BCUT2D eigenvalue weighted by Gasteiger charge is -2.26. The van der Waals surface area contributed by atoms with Gasteiger partial charge in [-0.3, -0.25) is 4.79 Å². The van der Waals surface area contributed by atoms with Gasteiger partial charge >= 0.3 is 0 Å². The van der Waals surface area contributed by atoms with Crippen molar-refractivity contribution in [2.45, 2.75) is 18.9 Å². The van der Waals surface area contributed by atoms with Gasteiger partial charge in [0.1, 0.15) is 17.4 Å². The zero-order valence-electron chi connectivity index (χ0n) is 11.2. The lowest BCUT2D eigenvalue weighted by Crippen LogP contribution is -2.31. The Morgan fingerprint density at radius 2 is 2.21 bits per heavy atom. The normalized spacial score (nSPS) is 18.5. The van der Waals surface area contributed by atoms with Crippen LogP contribution in [0.1, 0.15) is 24.4 Å². The number of likely N-dealkylation sites (tertiary alicyclic amines) is 1. The lowest BCUT2D eigenvalue weighted by molar-refractivity contribution is -0.129. The second-order valence-corrected chi connectivity index (χ2v) is 4.75. The number of carbonyl (C=O) groups is 1. The second kappa shape index (κ2) is 6.15. The first kappa shape index (κ1) is 14.0. The molecule has 1 heterocycles. The van der Waals surface area contributed by atoms with Gasteiger partial charge in [-0.15, -0.1) is 11.6 Å². The van der Waals surface area contributed by atoms with Gasteiger partial charge < -0.3 is 14.4 Å². The predicted octanol–water partition coefficient (Wildman–Crippen LogP) is 2.61. The molecule has 1 atom stereocenters. The Kier molecular flexibility index (Phi) is 4.53. The van der Waals surface area contributed by atoms with Crippen molar-refractivity contribution >= 4 is 17.5 Å². The summed E-state index contributed by atoms with van der Waals surface area (Å²) in [5, 5.41) is 0. The van der Waals surface area contributed by atoms with Gasteiger partial charge in [-0.2, -0.15) is 0 Å². The standard InChI is InChI=1S/C14H18ClNO3/c1-18-10-5-6-13(19-2)11(8-10)12-4-3-7-16(12)14(17)9-15/h5-6,8,12H,3-4,7,9H2,1-2H3. The summed E-state index contributed by atoms with van der Waals surface area (Å²) in [7, 11) is 3.26. The third-order valence-corrected chi connectivity index (χ3v) is 3.71. The van der Waals surface area contributed by atoms with E-state index < -0.39 is 0 Å². The van der Waals surface area contributed by atoms with Gasteiger partial charge in [-0.25, -0.2) is 0 Å². The van der Waals surface area contributed by atoms with Crippen molar-refractivity contribution in [3.05, 3.63) is 23.8 Å². The monoisotopic (exact) mass is 283 g/mol. The van der Waals surface area contributed by atoms with Gasteiger partial charge in [-0.05, 0) is 31.0 Å². The second-order valence-electron chi connectivity index (χ2n) is 4.49. The molecule has 1 saturated heterocycles. The minimum absolute atomic E-state index is 0.0167. The smallest absolute Gasteiger partial charge is 0.238 e. The molecule has 0 N–H and O–H groups in total. The lowest BCUT2D eigenvalue weighted by atomic mass is 10.0. The third kappa shape index (κ3) is 2.78. The molecular weight excluding hydrogens is 266 g/mol. The number of hydrogen-bond donors (Lipinski definition) is 0. The van der Waals surface area contributed by atoms with Crippen molar-refractivity contribution in [1.82, 2.24) is 4.90 Å². The molecule has 1 amide bonds. The summed E-state index contributed by atoms with van der Waals surface area (Å²) in [6.07, 6.45) is 1.90. The van der Waals surface area contributed by atoms with E-state index in [4.69, 9.17) is 21.1 Å². The highest BCUT2D eigenvalue weighted by molar-refractivity contribution is 6.27. The Labute approximate surface area is 118 Å². The molecule has 2 rings (SSSR count). The molecular formula is C14H18ClNO3. The fraction of sp³-hybridized carbons (Fsp3) is 0.500. The number of nitrogens with zero attached hydrogens (tertiary/aromatic N) is 1. The molecule has 1 aliphatic heterocycles. The third-order valence-electron chi connectivity index (χ3n) is 3.48. The highest BCUT2D eigenvalue weighted by Crippen LogP contribution is 2.38. The highest BCUT2D eigenvalue weighted by Gasteiger charge is 2.31. The fourth-order valence-corrected chi connectivity index (χ4v) is 2.72. The van der Waals surface area contributed by atoms with Crippen LogP contribution in [0, 0.1) is 0 Å². The Hall–Kier alpha value is -1.42. The number of ether oxygens (including phenoxy) is 2. The average molecular weight is 284 g/mol. The Bertz CT molecular complexity index is 464. The summed E-state index contributed by atoms with van der Waals surface area (Å²) >= 11 is 5.67. The minimum atomic E-state index is -0.0333. The molecule has 0 radical (unpaired) electrons. The molecule has 5 heteroatoms. The maximum Gasteiger partial charge on any atom is 0.238 e. The van der Waals surface area contributed by atoms with Crippen LogP contribution in [0.2, 0.25) is 0 Å². The van der Waals surface area contributed by atoms with Crippen LogP contribution in [0.15, 0.2) is 18.2 Å². The zero-order chi connectivity index (χ0) is 13.8. The van der Waals surface area contributed by atoms with Crippen molar-refractivity contribution in [2.75, 3.05) is 26.6 Å². The Morgan fingerprint density at radius 3 is 2.84 bits per heavy atom. The van der Waals surface area contributed by atoms with Gasteiger partial charge in [0, 0.05) is 12.1 Å². The number of methoxy groups -OCH3 is 2. The summed E-state index contributed by atoms with van der Waals surface area (Å²) in [6, 6.07) is 5.68. The molecule has 1 unspecified atom stereocenters. The van der Waals surface area contributed by atoms with E-state index in [0.717, 1.165) is 36.4 Å². The molecule has 0 saturated carbocycles. The van der Waals surface area contributed by atoms with Crippen LogP contribution in [-0.4, -0.2) is 37.5 Å². The minimum Gasteiger partial charge on any atom is -0.497 e. The van der Waals surface area contributed by atoms with E-state index in [1.165, 1.54) is 0 Å². The van der Waals surface area contributed by atoms with E-state index in [1.54, 1.807) is 14.2 Å². The first-order chi connectivity index (χ1) is 9.21. The molecule has 0 aliphatic carbocycles. The SMILES string of the molecule is COc1ccc(OC)c(C2CCCN2C(=O)CCl)c1. The Balaban J connectivity index is 2.36. The van der Waals surface area contributed by atoms with Crippen LogP contribution >= 0.6 is 11.6 Å². The van der Waals surface area contributed by atoms with Crippen LogP contribution in [0.25, 0.3) is 0 Å². The topological polar surface area (TPSA) is 38.8 Å². The summed E-state index contributed by atoms with van der Waals surface area (Å²) in [5.41, 5.74) is 0.984. The first-order valence-corrected chi connectivity index (χ1v) is 6.82. The molecule has 1 aromatic carbocycles. The van der Waals surface area contributed by atoms with Crippen LogP contribution < -0.4 is 9.47 Å². The van der Waals surface area contributed by atoms with Crippen LogP contribution in [0.5, 0.6) is 11.5 Å². The van der Waals surface area contributed by atoms with E-state index in [1.807, 2.05) is 23.1 Å². The van der Waals surface area contributed by atoms with Gasteiger partial charge in [0.05, 0.1) is 20.3 Å². The summed E-state index contributed by atoms with van der Waals surface area (Å²) in [4.78, 5) is 13.7. The van der Waals surface area contributed by atoms with Crippen molar-refractivity contribution in [2.24, 2.45) is 0 Å². The quantitative estimate of drug-likeness (QED) is 0.798. The van der Waals surface area contributed by atoms with Crippen LogP contribution in [-0.2, 0) is 4.79 Å².